The molecule has 0 saturated heterocycles. The van der Waals surface area contributed by atoms with Gasteiger partial charge in [-0.1, -0.05) is 12.1 Å². The van der Waals surface area contributed by atoms with Crippen LogP contribution in [0.4, 0.5) is 0 Å². The van der Waals surface area contributed by atoms with Gasteiger partial charge in [-0.05, 0) is 12.1 Å². The van der Waals surface area contributed by atoms with Crippen LogP contribution in [0.1, 0.15) is 10.4 Å². The monoisotopic (exact) mass is 312 g/mol. The molecule has 7 nitrogen and oxygen atoms in total. The summed E-state index contributed by atoms with van der Waals surface area (Å²) in [6, 6.07) is 6.50. The maximum atomic E-state index is 11.9. The predicted molar refractivity (Wildman–Crippen MR) is 76.9 cm³/mol. The molecule has 0 fully saturated rings. The Bertz CT molecular complexity index is 473. The fourth-order valence-corrected chi connectivity index (χ4v) is 1.47. The second-order valence-electron chi connectivity index (χ2n) is 4.13. The van der Waals surface area contributed by atoms with E-state index >= 15 is 0 Å². The van der Waals surface area contributed by atoms with Crippen LogP contribution in [0.2, 0.25) is 0 Å². The second-order valence-corrected chi connectivity index (χ2v) is 4.13. The van der Waals surface area contributed by atoms with Gasteiger partial charge in [0.2, 0.25) is 0 Å². The Balaban J connectivity index is 2.52. The molecule has 122 valence electrons. The molecule has 0 radical (unpaired) electrons. The maximum absolute atomic E-state index is 11.9. The summed E-state index contributed by atoms with van der Waals surface area (Å²) in [5.74, 6) is -0.825. The molecule has 1 aromatic rings. The van der Waals surface area contributed by atoms with Crippen LogP contribution in [-0.4, -0.2) is 59.2 Å². The highest BCUT2D eigenvalue weighted by atomic mass is 16.6. The van der Waals surface area contributed by atoms with Crippen LogP contribution in [0.5, 0.6) is 5.75 Å². The van der Waals surface area contributed by atoms with E-state index in [9.17, 15) is 9.59 Å². The first-order valence-corrected chi connectivity index (χ1v) is 6.71. The molecule has 0 atom stereocenters. The van der Waals surface area contributed by atoms with Gasteiger partial charge in [0.15, 0.2) is 6.61 Å². The summed E-state index contributed by atoms with van der Waals surface area (Å²) in [7, 11) is 3.02. The van der Waals surface area contributed by atoms with Gasteiger partial charge in [0.25, 0.3) is 0 Å². The fraction of sp³-hybridized carbons (Fsp3) is 0.467. The van der Waals surface area contributed by atoms with Crippen LogP contribution in [0, 0.1) is 0 Å². The first-order chi connectivity index (χ1) is 10.7. The van der Waals surface area contributed by atoms with Crippen LogP contribution in [0.25, 0.3) is 0 Å². The molecular weight excluding hydrogens is 292 g/mol. The number of rotatable bonds is 10. The highest BCUT2D eigenvalue weighted by Gasteiger charge is 2.14. The maximum Gasteiger partial charge on any atom is 0.344 e. The Morgan fingerprint density at radius 3 is 2.23 bits per heavy atom. The van der Waals surface area contributed by atoms with E-state index in [1.165, 1.54) is 14.2 Å². The number of carbonyl (C=O) groups is 2. The summed E-state index contributed by atoms with van der Waals surface area (Å²) in [6.45, 7) is 0.614. The third-order valence-electron chi connectivity index (χ3n) is 2.52. The third kappa shape index (κ3) is 6.55. The van der Waals surface area contributed by atoms with Gasteiger partial charge in [0, 0.05) is 14.2 Å². The number of ether oxygens (including phenoxy) is 5. The van der Waals surface area contributed by atoms with Crippen LogP contribution in [0.15, 0.2) is 24.3 Å². The van der Waals surface area contributed by atoms with Crippen molar-refractivity contribution in [1.82, 2.24) is 0 Å². The second kappa shape index (κ2) is 10.6. The highest BCUT2D eigenvalue weighted by Crippen LogP contribution is 2.19. The summed E-state index contributed by atoms with van der Waals surface area (Å²) in [4.78, 5) is 23.4. The van der Waals surface area contributed by atoms with E-state index in [0.717, 1.165) is 0 Å². The molecule has 0 amide bonds. The van der Waals surface area contributed by atoms with E-state index in [1.807, 2.05) is 0 Å². The summed E-state index contributed by atoms with van der Waals surface area (Å²) in [6.07, 6.45) is 0. The van der Waals surface area contributed by atoms with Gasteiger partial charge in [0.1, 0.15) is 24.5 Å². The molecule has 0 aliphatic heterocycles. The SMILES string of the molecule is COCCOC(=O)COc1ccccc1C(=O)OCCOC. The van der Waals surface area contributed by atoms with Gasteiger partial charge in [-0.15, -0.1) is 0 Å². The zero-order chi connectivity index (χ0) is 16.2. The highest BCUT2D eigenvalue weighted by molar-refractivity contribution is 5.92. The molecule has 0 aliphatic rings. The van der Waals surface area contributed by atoms with Crippen LogP contribution in [-0.2, 0) is 23.7 Å². The Labute approximate surface area is 129 Å². The van der Waals surface area contributed by atoms with Gasteiger partial charge < -0.3 is 23.7 Å². The number of esters is 2. The van der Waals surface area contributed by atoms with E-state index in [-0.39, 0.29) is 31.1 Å². The lowest BCUT2D eigenvalue weighted by Crippen LogP contribution is -2.18. The minimum atomic E-state index is -0.542. The van der Waals surface area contributed by atoms with Crippen LogP contribution < -0.4 is 4.74 Å². The van der Waals surface area contributed by atoms with Crippen molar-refractivity contribution < 1.29 is 33.3 Å². The lowest BCUT2D eigenvalue weighted by Gasteiger charge is -2.11. The number of carbonyl (C=O) groups excluding carboxylic acids is 2. The largest absolute Gasteiger partial charge is 0.481 e. The van der Waals surface area contributed by atoms with Crippen molar-refractivity contribution in [3.05, 3.63) is 29.8 Å². The molecule has 0 saturated carbocycles. The van der Waals surface area contributed by atoms with Crippen molar-refractivity contribution in [2.45, 2.75) is 0 Å². The summed E-state index contributed by atoms with van der Waals surface area (Å²) >= 11 is 0. The normalized spacial score (nSPS) is 10.1. The van der Waals surface area contributed by atoms with Crippen molar-refractivity contribution in [3.63, 3.8) is 0 Å². The first-order valence-electron chi connectivity index (χ1n) is 6.71. The minimum Gasteiger partial charge on any atom is -0.481 e. The predicted octanol–water partition coefficient (Wildman–Crippen LogP) is 1.06. The van der Waals surface area contributed by atoms with E-state index in [2.05, 4.69) is 0 Å². The minimum absolute atomic E-state index is 0.142. The lowest BCUT2D eigenvalue weighted by molar-refractivity contribution is -0.147. The zero-order valence-electron chi connectivity index (χ0n) is 12.7. The Morgan fingerprint density at radius 2 is 1.55 bits per heavy atom. The van der Waals surface area contributed by atoms with Crippen LogP contribution >= 0.6 is 0 Å². The standard InChI is InChI=1S/C15H20O7/c1-18-7-9-20-14(16)11-22-13-6-4-3-5-12(13)15(17)21-10-8-19-2/h3-6H,7-11H2,1-2H3. The molecule has 0 spiro atoms. The third-order valence-corrected chi connectivity index (χ3v) is 2.52. The molecule has 0 heterocycles. The lowest BCUT2D eigenvalue weighted by atomic mass is 10.2. The van der Waals surface area contributed by atoms with E-state index in [1.54, 1.807) is 24.3 Å². The average Bonchev–Trinajstić information content (AvgIpc) is 2.53. The van der Waals surface area contributed by atoms with Crippen molar-refractivity contribution in [2.24, 2.45) is 0 Å². The molecule has 0 unspecified atom stereocenters. The van der Waals surface area contributed by atoms with Gasteiger partial charge >= 0.3 is 11.9 Å². The van der Waals surface area contributed by atoms with Crippen molar-refractivity contribution in [2.75, 3.05) is 47.3 Å². The molecule has 0 N–H and O–H groups in total. The fourth-order valence-electron chi connectivity index (χ4n) is 1.47. The Hall–Kier alpha value is -2.12. The van der Waals surface area contributed by atoms with Crippen molar-refractivity contribution in [3.8, 4) is 5.75 Å². The van der Waals surface area contributed by atoms with Crippen molar-refractivity contribution >= 4 is 11.9 Å². The number of hydrogen-bond acceptors (Lipinski definition) is 7. The summed E-state index contributed by atoms with van der Waals surface area (Å²) < 4.78 is 24.8. The quantitative estimate of drug-likeness (QED) is 0.472. The average molecular weight is 312 g/mol. The molecule has 0 aromatic heterocycles. The smallest absolute Gasteiger partial charge is 0.344 e. The van der Waals surface area contributed by atoms with Crippen LogP contribution in [0.3, 0.4) is 0 Å². The topological polar surface area (TPSA) is 80.3 Å². The Morgan fingerprint density at radius 1 is 0.909 bits per heavy atom. The summed E-state index contributed by atoms with van der Waals surface area (Å²) in [5, 5.41) is 0. The molecule has 1 rings (SSSR count). The van der Waals surface area contributed by atoms with Gasteiger partial charge in [-0.25, -0.2) is 9.59 Å². The number of benzene rings is 1. The van der Waals surface area contributed by atoms with Crippen molar-refractivity contribution in [1.29, 1.82) is 0 Å². The number of para-hydroxylation sites is 1. The van der Waals surface area contributed by atoms with E-state index < -0.39 is 11.9 Å². The molecule has 7 heteroatoms. The number of hydrogen-bond donors (Lipinski definition) is 0. The molecule has 0 aliphatic carbocycles. The van der Waals surface area contributed by atoms with Gasteiger partial charge in [-0.2, -0.15) is 0 Å². The van der Waals surface area contributed by atoms with Gasteiger partial charge in [-0.3, -0.25) is 0 Å². The summed E-state index contributed by atoms with van der Waals surface area (Å²) in [5.41, 5.74) is 0.239. The molecule has 0 bridgehead atoms. The molecule has 1 aromatic carbocycles. The molecular formula is C15H20O7. The first kappa shape index (κ1) is 17.9. The van der Waals surface area contributed by atoms with E-state index in [4.69, 9.17) is 23.7 Å². The van der Waals surface area contributed by atoms with E-state index in [0.29, 0.717) is 13.2 Å². The van der Waals surface area contributed by atoms with Gasteiger partial charge in [0.05, 0.1) is 13.2 Å². The molecule has 22 heavy (non-hydrogen) atoms. The Kier molecular flexibility index (Phi) is 8.63. The number of methoxy groups -OCH3 is 2. The zero-order valence-corrected chi connectivity index (χ0v) is 12.7.